The number of rotatable bonds is 3. The quantitative estimate of drug-likeness (QED) is 0.818. The Labute approximate surface area is 89.5 Å². The monoisotopic (exact) mass is 238 g/mol. The number of phenolic OH excluding ortho intramolecular Hbond substituents is 1. The predicted molar refractivity (Wildman–Crippen MR) is 48.9 cm³/mol. The van der Waals surface area contributed by atoms with Crippen LogP contribution in [0.5, 0.6) is 11.5 Å². The van der Waals surface area contributed by atoms with Gasteiger partial charge >= 0.3 is 6.18 Å². The molecule has 0 bridgehead atoms. The third-order valence-corrected chi connectivity index (χ3v) is 1.79. The second-order valence-corrected chi connectivity index (χ2v) is 3.15. The van der Waals surface area contributed by atoms with E-state index < -0.39 is 29.1 Å². The second kappa shape index (κ2) is 4.59. The molecule has 0 heterocycles. The van der Waals surface area contributed by atoms with E-state index in [9.17, 15) is 17.6 Å². The van der Waals surface area contributed by atoms with Gasteiger partial charge in [0.05, 0.1) is 12.2 Å². The lowest BCUT2D eigenvalue weighted by Gasteiger charge is -2.12. The van der Waals surface area contributed by atoms with Gasteiger partial charge in [0.1, 0.15) is 5.75 Å². The molecule has 0 amide bonds. The first-order valence-corrected chi connectivity index (χ1v) is 4.58. The number of phenols is 1. The summed E-state index contributed by atoms with van der Waals surface area (Å²) in [5, 5.41) is 9.03. The summed E-state index contributed by atoms with van der Waals surface area (Å²) in [6.07, 6.45) is -4.33. The summed E-state index contributed by atoms with van der Waals surface area (Å²) >= 11 is 0. The molecule has 0 saturated carbocycles. The van der Waals surface area contributed by atoms with Gasteiger partial charge in [-0.2, -0.15) is 13.2 Å². The predicted octanol–water partition coefficient (Wildman–Crippen LogP) is 3.34. The molecule has 0 aliphatic carbocycles. The Morgan fingerprint density at radius 2 is 1.94 bits per heavy atom. The van der Waals surface area contributed by atoms with E-state index in [2.05, 4.69) is 0 Å². The van der Waals surface area contributed by atoms with Crippen molar-refractivity contribution in [2.24, 2.45) is 0 Å². The van der Waals surface area contributed by atoms with Crippen molar-refractivity contribution in [3.63, 3.8) is 0 Å². The topological polar surface area (TPSA) is 29.5 Å². The van der Waals surface area contributed by atoms with Gasteiger partial charge in [0.2, 0.25) is 0 Å². The van der Waals surface area contributed by atoms with Crippen LogP contribution in [0.2, 0.25) is 0 Å². The number of ether oxygens (including phenoxy) is 1. The Morgan fingerprint density at radius 3 is 2.44 bits per heavy atom. The van der Waals surface area contributed by atoms with Gasteiger partial charge in [-0.25, -0.2) is 4.39 Å². The third-order valence-electron chi connectivity index (χ3n) is 1.79. The van der Waals surface area contributed by atoms with Crippen LogP contribution < -0.4 is 4.74 Å². The lowest BCUT2D eigenvalue weighted by atomic mass is 10.2. The first-order valence-electron chi connectivity index (χ1n) is 4.58. The van der Waals surface area contributed by atoms with Gasteiger partial charge in [-0.1, -0.05) is 6.92 Å². The zero-order chi connectivity index (χ0) is 12.3. The Kier molecular flexibility index (Phi) is 3.62. The lowest BCUT2D eigenvalue weighted by Crippen LogP contribution is -2.10. The van der Waals surface area contributed by atoms with Crippen molar-refractivity contribution in [2.45, 2.75) is 19.5 Å². The van der Waals surface area contributed by atoms with Crippen molar-refractivity contribution in [3.8, 4) is 11.5 Å². The number of aromatic hydroxyl groups is 1. The normalized spacial score (nSPS) is 11.6. The fraction of sp³-hybridized carbons (Fsp3) is 0.400. The number of benzene rings is 1. The number of alkyl halides is 3. The number of hydrogen-bond acceptors (Lipinski definition) is 2. The maximum Gasteiger partial charge on any atom is 0.419 e. The summed E-state index contributed by atoms with van der Waals surface area (Å²) in [4.78, 5) is 0. The van der Waals surface area contributed by atoms with Crippen molar-refractivity contribution in [3.05, 3.63) is 23.5 Å². The molecular formula is C10H10F4O2. The van der Waals surface area contributed by atoms with Gasteiger partial charge in [-0.15, -0.1) is 0 Å². The summed E-state index contributed by atoms with van der Waals surface area (Å²) in [5.41, 5.74) is -1.53. The molecule has 90 valence electrons. The molecular weight excluding hydrogens is 228 g/mol. The van der Waals surface area contributed by atoms with Crippen LogP contribution in [0.15, 0.2) is 12.1 Å². The van der Waals surface area contributed by atoms with Crippen LogP contribution in [0.1, 0.15) is 18.9 Å². The lowest BCUT2D eigenvalue weighted by molar-refractivity contribution is -0.140. The van der Waals surface area contributed by atoms with Gasteiger partial charge in [-0.05, 0) is 12.5 Å². The molecule has 0 saturated heterocycles. The van der Waals surface area contributed by atoms with Gasteiger partial charge in [-0.3, -0.25) is 0 Å². The average molecular weight is 238 g/mol. The van der Waals surface area contributed by atoms with Crippen LogP contribution in [-0.4, -0.2) is 11.7 Å². The summed E-state index contributed by atoms with van der Waals surface area (Å²) in [7, 11) is 0. The standard InChI is InChI=1S/C10H10F4O2/c1-2-3-16-8-5-6(15)4-7(9(8)11)10(12,13)14/h4-5,15H,2-3H2,1H3. The minimum absolute atomic E-state index is 0.0810. The molecule has 2 nitrogen and oxygen atoms in total. The van der Waals surface area contributed by atoms with Gasteiger partial charge < -0.3 is 9.84 Å². The summed E-state index contributed by atoms with van der Waals surface area (Å²) < 4.78 is 55.1. The SMILES string of the molecule is CCCOc1cc(O)cc(C(F)(F)F)c1F. The minimum atomic E-state index is -4.85. The molecule has 0 fully saturated rings. The van der Waals surface area contributed by atoms with E-state index in [-0.39, 0.29) is 6.61 Å². The third kappa shape index (κ3) is 2.77. The summed E-state index contributed by atoms with van der Waals surface area (Å²) in [6.45, 7) is 1.81. The Balaban J connectivity index is 3.16. The number of halogens is 4. The zero-order valence-electron chi connectivity index (χ0n) is 8.44. The first-order chi connectivity index (χ1) is 7.36. The van der Waals surface area contributed by atoms with Crippen molar-refractivity contribution in [2.75, 3.05) is 6.61 Å². The fourth-order valence-electron chi connectivity index (χ4n) is 1.11. The van der Waals surface area contributed by atoms with E-state index in [0.29, 0.717) is 12.5 Å². The molecule has 0 aliphatic rings. The Hall–Kier alpha value is -1.46. The van der Waals surface area contributed by atoms with Gasteiger partial charge in [0.25, 0.3) is 0 Å². The molecule has 1 N–H and O–H groups in total. The van der Waals surface area contributed by atoms with Crippen LogP contribution in [0, 0.1) is 5.82 Å². The van der Waals surface area contributed by atoms with E-state index in [0.717, 1.165) is 6.07 Å². The van der Waals surface area contributed by atoms with Crippen LogP contribution in [0.3, 0.4) is 0 Å². The maximum atomic E-state index is 13.3. The van der Waals surface area contributed by atoms with Crippen molar-refractivity contribution in [1.82, 2.24) is 0 Å². The van der Waals surface area contributed by atoms with Gasteiger partial charge in [0, 0.05) is 6.07 Å². The average Bonchev–Trinajstić information content (AvgIpc) is 2.17. The van der Waals surface area contributed by atoms with Crippen LogP contribution >= 0.6 is 0 Å². The van der Waals surface area contributed by atoms with Crippen LogP contribution in [0.4, 0.5) is 17.6 Å². The zero-order valence-corrected chi connectivity index (χ0v) is 8.44. The Morgan fingerprint density at radius 1 is 1.31 bits per heavy atom. The molecule has 0 aromatic heterocycles. The highest BCUT2D eigenvalue weighted by Crippen LogP contribution is 2.37. The smallest absolute Gasteiger partial charge is 0.419 e. The van der Waals surface area contributed by atoms with Gasteiger partial charge in [0.15, 0.2) is 11.6 Å². The summed E-state index contributed by atoms with van der Waals surface area (Å²) in [5.74, 6) is -2.77. The molecule has 16 heavy (non-hydrogen) atoms. The van der Waals surface area contributed by atoms with Crippen LogP contribution in [0.25, 0.3) is 0 Å². The van der Waals surface area contributed by atoms with Crippen molar-refractivity contribution >= 4 is 0 Å². The highest BCUT2D eigenvalue weighted by molar-refractivity contribution is 5.40. The Bertz CT molecular complexity index is 374. The largest absolute Gasteiger partial charge is 0.508 e. The van der Waals surface area contributed by atoms with Crippen molar-refractivity contribution in [1.29, 1.82) is 0 Å². The van der Waals surface area contributed by atoms with Crippen LogP contribution in [-0.2, 0) is 6.18 Å². The first kappa shape index (κ1) is 12.6. The van der Waals surface area contributed by atoms with E-state index in [1.54, 1.807) is 6.92 Å². The molecule has 6 heteroatoms. The van der Waals surface area contributed by atoms with E-state index in [1.807, 2.05) is 0 Å². The molecule has 0 atom stereocenters. The van der Waals surface area contributed by atoms with E-state index in [1.165, 1.54) is 0 Å². The molecule has 0 spiro atoms. The second-order valence-electron chi connectivity index (χ2n) is 3.15. The molecule has 1 aromatic carbocycles. The highest BCUT2D eigenvalue weighted by Gasteiger charge is 2.36. The van der Waals surface area contributed by atoms with E-state index >= 15 is 0 Å². The fourth-order valence-corrected chi connectivity index (χ4v) is 1.11. The van der Waals surface area contributed by atoms with E-state index in [4.69, 9.17) is 9.84 Å². The molecule has 0 radical (unpaired) electrons. The molecule has 1 aromatic rings. The molecule has 1 rings (SSSR count). The minimum Gasteiger partial charge on any atom is -0.508 e. The summed E-state index contributed by atoms with van der Waals surface area (Å²) in [6, 6.07) is 1.15. The molecule has 0 aliphatic heterocycles. The molecule has 0 unspecified atom stereocenters. The number of hydrogen-bond donors (Lipinski definition) is 1. The highest BCUT2D eigenvalue weighted by atomic mass is 19.4. The van der Waals surface area contributed by atoms with Crippen molar-refractivity contribution < 1.29 is 27.4 Å². The maximum absolute atomic E-state index is 13.3.